The van der Waals surface area contributed by atoms with E-state index in [1.54, 1.807) is 4.68 Å². The smallest absolute Gasteiger partial charge is 0.319 e. The molecule has 0 aliphatic carbocycles. The molecule has 2 N–H and O–H groups in total. The number of hydrogen-bond donors (Lipinski definition) is 1. The first kappa shape index (κ1) is 15.9. The Bertz CT molecular complexity index is 617. The zero-order chi connectivity index (χ0) is 15.8. The number of rotatable bonds is 3. The molecule has 0 bridgehead atoms. The first-order valence-corrected chi connectivity index (χ1v) is 6.75. The van der Waals surface area contributed by atoms with E-state index in [1.165, 1.54) is 18.3 Å². The maximum Gasteiger partial charge on any atom is 0.416 e. The molecule has 0 saturated heterocycles. The minimum absolute atomic E-state index is 0.0491. The highest BCUT2D eigenvalue weighted by Crippen LogP contribution is 2.32. The molecular formula is C14H15ClF3N3. The molecule has 0 fully saturated rings. The zero-order valence-electron chi connectivity index (χ0n) is 11.5. The van der Waals surface area contributed by atoms with Crippen molar-refractivity contribution < 1.29 is 13.2 Å². The lowest BCUT2D eigenvalue weighted by Crippen LogP contribution is -2.19. The van der Waals surface area contributed by atoms with Gasteiger partial charge in [-0.15, -0.1) is 0 Å². The van der Waals surface area contributed by atoms with Gasteiger partial charge in [-0.3, -0.25) is 4.68 Å². The van der Waals surface area contributed by atoms with Crippen LogP contribution < -0.4 is 5.73 Å². The fraction of sp³-hybridized carbons (Fsp3) is 0.357. The lowest BCUT2D eigenvalue weighted by Gasteiger charge is -2.18. The molecule has 0 spiro atoms. The third-order valence-corrected chi connectivity index (χ3v) is 3.46. The van der Waals surface area contributed by atoms with E-state index >= 15 is 0 Å². The van der Waals surface area contributed by atoms with E-state index < -0.39 is 17.8 Å². The third kappa shape index (κ3) is 3.22. The van der Waals surface area contributed by atoms with Crippen molar-refractivity contribution in [1.82, 2.24) is 9.78 Å². The number of aromatic nitrogens is 2. The average molecular weight is 318 g/mol. The van der Waals surface area contributed by atoms with Crippen molar-refractivity contribution in [2.24, 2.45) is 5.73 Å². The third-order valence-electron chi connectivity index (χ3n) is 3.17. The molecule has 0 saturated carbocycles. The van der Waals surface area contributed by atoms with Gasteiger partial charge < -0.3 is 5.73 Å². The van der Waals surface area contributed by atoms with Gasteiger partial charge in [0.25, 0.3) is 0 Å². The van der Waals surface area contributed by atoms with Crippen LogP contribution in [0.15, 0.2) is 30.5 Å². The number of hydrogen-bond acceptors (Lipinski definition) is 2. The van der Waals surface area contributed by atoms with E-state index in [0.717, 1.165) is 12.1 Å². The lowest BCUT2D eigenvalue weighted by atomic mass is 10.0. The summed E-state index contributed by atoms with van der Waals surface area (Å²) in [6.07, 6.45) is -2.87. The number of benzene rings is 1. The van der Waals surface area contributed by atoms with Crippen LogP contribution in [0.2, 0.25) is 5.02 Å². The van der Waals surface area contributed by atoms with Crippen molar-refractivity contribution in [3.8, 4) is 0 Å². The van der Waals surface area contributed by atoms with E-state index in [9.17, 15) is 13.2 Å². The molecule has 7 heteroatoms. The Labute approximate surface area is 125 Å². The van der Waals surface area contributed by atoms with Crippen molar-refractivity contribution in [2.45, 2.75) is 32.1 Å². The molecule has 1 heterocycles. The Morgan fingerprint density at radius 2 is 1.76 bits per heavy atom. The summed E-state index contributed by atoms with van der Waals surface area (Å²) in [5.74, 6) is 0. The summed E-state index contributed by atoms with van der Waals surface area (Å²) in [7, 11) is 0. The van der Waals surface area contributed by atoms with Gasteiger partial charge in [-0.25, -0.2) is 0 Å². The van der Waals surface area contributed by atoms with Crippen molar-refractivity contribution in [2.75, 3.05) is 0 Å². The van der Waals surface area contributed by atoms with E-state index in [2.05, 4.69) is 5.10 Å². The average Bonchev–Trinajstić information content (AvgIpc) is 2.79. The van der Waals surface area contributed by atoms with Gasteiger partial charge in [0.1, 0.15) is 0 Å². The van der Waals surface area contributed by atoms with Gasteiger partial charge in [0.2, 0.25) is 0 Å². The normalized spacial score (nSPS) is 13.7. The van der Waals surface area contributed by atoms with Gasteiger partial charge in [-0.05, 0) is 31.5 Å². The summed E-state index contributed by atoms with van der Waals surface area (Å²) in [4.78, 5) is 0. The molecule has 0 aliphatic heterocycles. The first-order valence-electron chi connectivity index (χ1n) is 6.37. The van der Waals surface area contributed by atoms with Crippen LogP contribution in [0, 0.1) is 0 Å². The second-order valence-electron chi connectivity index (χ2n) is 5.01. The summed E-state index contributed by atoms with van der Waals surface area (Å²) in [6.45, 7) is 3.85. The second kappa shape index (κ2) is 5.69. The summed E-state index contributed by atoms with van der Waals surface area (Å²) < 4.78 is 39.4. The summed E-state index contributed by atoms with van der Waals surface area (Å²) >= 11 is 6.09. The maximum atomic E-state index is 12.6. The van der Waals surface area contributed by atoms with Gasteiger partial charge in [-0.2, -0.15) is 18.3 Å². The summed E-state index contributed by atoms with van der Waals surface area (Å²) in [5.41, 5.74) is 6.56. The highest BCUT2D eigenvalue weighted by Gasteiger charge is 2.30. The highest BCUT2D eigenvalue weighted by molar-refractivity contribution is 6.31. The number of nitrogens with two attached hydrogens (primary N) is 1. The Kier molecular flexibility index (Phi) is 4.30. The van der Waals surface area contributed by atoms with Crippen LogP contribution in [-0.2, 0) is 6.18 Å². The van der Waals surface area contributed by atoms with Gasteiger partial charge in [0, 0.05) is 6.04 Å². The quantitative estimate of drug-likeness (QED) is 0.922. The summed E-state index contributed by atoms with van der Waals surface area (Å²) in [6, 6.07) is 4.17. The fourth-order valence-electron chi connectivity index (χ4n) is 2.09. The molecule has 0 amide bonds. The molecule has 3 nitrogen and oxygen atoms in total. The van der Waals surface area contributed by atoms with Crippen LogP contribution in [-0.4, -0.2) is 9.78 Å². The Morgan fingerprint density at radius 1 is 1.19 bits per heavy atom. The number of nitrogens with zero attached hydrogens (tertiary/aromatic N) is 2. The van der Waals surface area contributed by atoms with Crippen LogP contribution in [0.5, 0.6) is 0 Å². The molecule has 1 aromatic carbocycles. The van der Waals surface area contributed by atoms with Crippen LogP contribution in [0.25, 0.3) is 0 Å². The summed E-state index contributed by atoms with van der Waals surface area (Å²) in [5, 5.41) is 4.54. The SMILES string of the molecule is CC(C)n1ncc(Cl)c1C(N)c1ccc(C(F)(F)F)cc1. The molecular weight excluding hydrogens is 303 g/mol. The largest absolute Gasteiger partial charge is 0.416 e. The van der Waals surface area contributed by atoms with Crippen molar-refractivity contribution in [3.05, 3.63) is 52.3 Å². The van der Waals surface area contributed by atoms with Crippen LogP contribution >= 0.6 is 11.6 Å². The standard InChI is InChI=1S/C14H15ClF3N3/c1-8(2)21-13(11(15)7-20-21)12(19)9-3-5-10(6-4-9)14(16,17)18/h3-8,12H,19H2,1-2H3. The van der Waals surface area contributed by atoms with Gasteiger partial charge in [0.15, 0.2) is 0 Å². The fourth-order valence-corrected chi connectivity index (χ4v) is 2.34. The van der Waals surface area contributed by atoms with E-state index in [4.69, 9.17) is 17.3 Å². The molecule has 1 atom stereocenters. The molecule has 0 radical (unpaired) electrons. The van der Waals surface area contributed by atoms with Crippen molar-refractivity contribution in [1.29, 1.82) is 0 Å². The molecule has 1 unspecified atom stereocenters. The second-order valence-corrected chi connectivity index (χ2v) is 5.42. The van der Waals surface area contributed by atoms with E-state index in [-0.39, 0.29) is 6.04 Å². The maximum absolute atomic E-state index is 12.6. The topological polar surface area (TPSA) is 43.8 Å². The predicted octanol–water partition coefficient (Wildman–Crippen LogP) is 4.18. The van der Waals surface area contributed by atoms with Crippen molar-refractivity contribution >= 4 is 11.6 Å². The molecule has 114 valence electrons. The van der Waals surface area contributed by atoms with Gasteiger partial charge in [-0.1, -0.05) is 23.7 Å². The Balaban J connectivity index is 2.37. The minimum atomic E-state index is -4.36. The van der Waals surface area contributed by atoms with Gasteiger partial charge in [0.05, 0.1) is 28.5 Å². The molecule has 0 aliphatic rings. The number of alkyl halides is 3. The van der Waals surface area contributed by atoms with Crippen LogP contribution in [0.4, 0.5) is 13.2 Å². The molecule has 2 aromatic rings. The van der Waals surface area contributed by atoms with E-state index in [1.807, 2.05) is 13.8 Å². The molecule has 2 rings (SSSR count). The van der Waals surface area contributed by atoms with Crippen LogP contribution in [0.1, 0.15) is 42.8 Å². The number of halogens is 4. The highest BCUT2D eigenvalue weighted by atomic mass is 35.5. The monoisotopic (exact) mass is 317 g/mol. The molecule has 1 aromatic heterocycles. The van der Waals surface area contributed by atoms with Crippen LogP contribution in [0.3, 0.4) is 0 Å². The Hall–Kier alpha value is -1.53. The Morgan fingerprint density at radius 3 is 2.24 bits per heavy atom. The van der Waals surface area contributed by atoms with Crippen molar-refractivity contribution in [3.63, 3.8) is 0 Å². The van der Waals surface area contributed by atoms with Gasteiger partial charge >= 0.3 is 6.18 Å². The molecule has 21 heavy (non-hydrogen) atoms. The lowest BCUT2D eigenvalue weighted by molar-refractivity contribution is -0.137. The minimum Gasteiger partial charge on any atom is -0.319 e. The zero-order valence-corrected chi connectivity index (χ0v) is 12.3. The van der Waals surface area contributed by atoms with E-state index in [0.29, 0.717) is 16.3 Å². The first-order chi connectivity index (χ1) is 9.71. The predicted molar refractivity (Wildman–Crippen MR) is 75.1 cm³/mol.